The van der Waals surface area contributed by atoms with Crippen LogP contribution in [0.4, 0.5) is 22.0 Å². The Kier molecular flexibility index (Phi) is 5.26. The van der Waals surface area contributed by atoms with E-state index >= 15 is 0 Å². The molecule has 8 heteroatoms. The van der Waals surface area contributed by atoms with Gasteiger partial charge in [0, 0.05) is 11.0 Å². The predicted octanol–water partition coefficient (Wildman–Crippen LogP) is 3.35. The fraction of sp³-hybridized carbons (Fsp3) is 0.308. The number of nitrogens with zero attached hydrogens (tertiary/aromatic N) is 3. The minimum Gasteiger partial charge on any atom is -0.467 e. The van der Waals surface area contributed by atoms with Crippen LogP contribution in [0.1, 0.15) is 13.3 Å². The van der Waals surface area contributed by atoms with Crippen molar-refractivity contribution in [1.29, 1.82) is 0 Å². The molecule has 0 aliphatic rings. The lowest BCUT2D eigenvalue weighted by atomic mass is 10.3. The maximum absolute atomic E-state index is 13.7. The number of halogens is 2. The second-order valence-electron chi connectivity index (χ2n) is 4.15. The van der Waals surface area contributed by atoms with E-state index in [2.05, 4.69) is 41.5 Å². The molecule has 0 aliphatic carbocycles. The normalized spacial score (nSPS) is 10.3. The number of hydrogen-bond donors (Lipinski definition) is 2. The molecule has 0 atom stereocenters. The average Bonchev–Trinajstić information content (AvgIpc) is 2.48. The zero-order valence-electron chi connectivity index (χ0n) is 11.7. The van der Waals surface area contributed by atoms with Crippen molar-refractivity contribution in [1.82, 2.24) is 15.0 Å². The molecule has 2 N–H and O–H groups in total. The summed E-state index contributed by atoms with van der Waals surface area (Å²) >= 11 is 3.29. The fourth-order valence-corrected chi connectivity index (χ4v) is 1.89. The van der Waals surface area contributed by atoms with Crippen molar-refractivity contribution in [3.05, 3.63) is 28.5 Å². The van der Waals surface area contributed by atoms with Crippen LogP contribution in [0.25, 0.3) is 0 Å². The molecule has 0 unspecified atom stereocenters. The quantitative estimate of drug-likeness (QED) is 0.827. The summed E-state index contributed by atoms with van der Waals surface area (Å²) in [7, 11) is 1.46. The summed E-state index contributed by atoms with van der Waals surface area (Å²) in [5.41, 5.74) is 0.263. The molecule has 1 heterocycles. The van der Waals surface area contributed by atoms with E-state index in [-0.39, 0.29) is 17.6 Å². The second kappa shape index (κ2) is 7.16. The summed E-state index contributed by atoms with van der Waals surface area (Å²) in [5, 5.41) is 5.85. The molecule has 0 spiro atoms. The van der Waals surface area contributed by atoms with Gasteiger partial charge in [0.1, 0.15) is 5.82 Å². The zero-order valence-corrected chi connectivity index (χ0v) is 13.2. The number of ether oxygens (including phenoxy) is 1. The smallest absolute Gasteiger partial charge is 0.322 e. The highest BCUT2D eigenvalue weighted by atomic mass is 79.9. The van der Waals surface area contributed by atoms with E-state index in [1.807, 2.05) is 6.92 Å². The van der Waals surface area contributed by atoms with Gasteiger partial charge in [-0.3, -0.25) is 0 Å². The van der Waals surface area contributed by atoms with Crippen molar-refractivity contribution >= 4 is 33.5 Å². The number of benzene rings is 1. The van der Waals surface area contributed by atoms with Gasteiger partial charge in [-0.15, -0.1) is 0 Å². The summed E-state index contributed by atoms with van der Waals surface area (Å²) < 4.78 is 19.5. The van der Waals surface area contributed by atoms with Gasteiger partial charge in [0.25, 0.3) is 0 Å². The van der Waals surface area contributed by atoms with E-state index in [1.54, 1.807) is 12.1 Å². The van der Waals surface area contributed by atoms with Crippen molar-refractivity contribution in [3.63, 3.8) is 0 Å². The molecule has 0 radical (unpaired) electrons. The van der Waals surface area contributed by atoms with Crippen molar-refractivity contribution in [3.8, 4) is 6.01 Å². The third kappa shape index (κ3) is 4.25. The Morgan fingerprint density at radius 2 is 2.00 bits per heavy atom. The van der Waals surface area contributed by atoms with Crippen LogP contribution in [0.2, 0.25) is 0 Å². The van der Waals surface area contributed by atoms with Crippen molar-refractivity contribution < 1.29 is 9.13 Å². The van der Waals surface area contributed by atoms with Gasteiger partial charge in [-0.2, -0.15) is 15.0 Å². The van der Waals surface area contributed by atoms with Crippen LogP contribution in [-0.2, 0) is 0 Å². The molecule has 112 valence electrons. The first-order valence-corrected chi connectivity index (χ1v) is 7.17. The summed E-state index contributed by atoms with van der Waals surface area (Å²) in [4.78, 5) is 12.3. The van der Waals surface area contributed by atoms with Crippen molar-refractivity contribution in [2.24, 2.45) is 0 Å². The van der Waals surface area contributed by atoms with Crippen LogP contribution in [0, 0.1) is 5.82 Å². The SMILES string of the molecule is CCCNc1nc(Nc2cc(Br)ccc2F)nc(OC)n1. The standard InChI is InChI=1S/C13H15BrFN5O/c1-3-6-16-11-18-12(20-13(19-11)21-2)17-10-7-8(14)4-5-9(10)15/h4-5,7H,3,6H2,1-2H3,(H2,16,17,18,19,20). The lowest BCUT2D eigenvalue weighted by molar-refractivity contribution is 0.379. The lowest BCUT2D eigenvalue weighted by Crippen LogP contribution is -2.09. The molecule has 0 saturated heterocycles. The zero-order chi connectivity index (χ0) is 15.2. The van der Waals surface area contributed by atoms with Crippen molar-refractivity contribution in [2.75, 3.05) is 24.3 Å². The topological polar surface area (TPSA) is 72.0 Å². The highest BCUT2D eigenvalue weighted by Gasteiger charge is 2.09. The molecular formula is C13H15BrFN5O. The monoisotopic (exact) mass is 355 g/mol. The maximum atomic E-state index is 13.7. The van der Waals surface area contributed by atoms with Gasteiger partial charge in [0.05, 0.1) is 12.8 Å². The molecule has 0 bridgehead atoms. The van der Waals surface area contributed by atoms with Crippen LogP contribution in [0.15, 0.2) is 22.7 Å². The molecule has 0 saturated carbocycles. The Labute approximate surface area is 130 Å². The third-order valence-corrected chi connectivity index (χ3v) is 3.00. The Morgan fingerprint density at radius 3 is 2.71 bits per heavy atom. The Hall–Kier alpha value is -1.96. The number of aromatic nitrogens is 3. The minimum absolute atomic E-state index is 0.154. The van der Waals surface area contributed by atoms with Crippen LogP contribution in [-0.4, -0.2) is 28.6 Å². The first-order valence-electron chi connectivity index (χ1n) is 6.38. The van der Waals surface area contributed by atoms with Crippen molar-refractivity contribution in [2.45, 2.75) is 13.3 Å². The van der Waals surface area contributed by atoms with E-state index in [4.69, 9.17) is 4.74 Å². The highest BCUT2D eigenvalue weighted by Crippen LogP contribution is 2.23. The summed E-state index contributed by atoms with van der Waals surface area (Å²) in [6, 6.07) is 4.72. The fourth-order valence-electron chi connectivity index (χ4n) is 1.53. The van der Waals surface area contributed by atoms with Crippen LogP contribution < -0.4 is 15.4 Å². The molecule has 1 aromatic carbocycles. The second-order valence-corrected chi connectivity index (χ2v) is 5.06. The first-order chi connectivity index (χ1) is 10.1. The molecule has 2 aromatic rings. The van der Waals surface area contributed by atoms with Gasteiger partial charge in [-0.1, -0.05) is 22.9 Å². The number of rotatable bonds is 6. The number of methoxy groups -OCH3 is 1. The average molecular weight is 356 g/mol. The Balaban J connectivity index is 2.27. The summed E-state index contributed by atoms with van der Waals surface area (Å²) in [6.07, 6.45) is 0.928. The lowest BCUT2D eigenvalue weighted by Gasteiger charge is -2.10. The maximum Gasteiger partial charge on any atom is 0.322 e. The van der Waals surface area contributed by atoms with E-state index in [0.717, 1.165) is 17.4 Å². The van der Waals surface area contributed by atoms with E-state index < -0.39 is 5.82 Å². The van der Waals surface area contributed by atoms with Crippen LogP contribution >= 0.6 is 15.9 Å². The number of anilines is 3. The van der Waals surface area contributed by atoms with E-state index in [9.17, 15) is 4.39 Å². The molecule has 0 amide bonds. The third-order valence-electron chi connectivity index (χ3n) is 2.51. The predicted molar refractivity (Wildman–Crippen MR) is 82.5 cm³/mol. The van der Waals surface area contributed by atoms with Crippen LogP contribution in [0.5, 0.6) is 6.01 Å². The van der Waals surface area contributed by atoms with E-state index in [0.29, 0.717) is 5.95 Å². The van der Waals surface area contributed by atoms with Gasteiger partial charge in [0.2, 0.25) is 11.9 Å². The molecule has 6 nitrogen and oxygen atoms in total. The van der Waals surface area contributed by atoms with E-state index in [1.165, 1.54) is 13.2 Å². The largest absolute Gasteiger partial charge is 0.467 e. The van der Waals surface area contributed by atoms with Gasteiger partial charge in [-0.05, 0) is 24.6 Å². The number of nitrogens with one attached hydrogen (secondary N) is 2. The molecule has 0 aliphatic heterocycles. The van der Waals surface area contributed by atoms with Gasteiger partial charge in [-0.25, -0.2) is 4.39 Å². The van der Waals surface area contributed by atoms with Gasteiger partial charge >= 0.3 is 6.01 Å². The van der Waals surface area contributed by atoms with Gasteiger partial charge in [0.15, 0.2) is 0 Å². The molecule has 1 aromatic heterocycles. The Bertz CT molecular complexity index is 626. The summed E-state index contributed by atoms with van der Waals surface area (Å²) in [5.74, 6) is 0.180. The number of hydrogen-bond acceptors (Lipinski definition) is 6. The molecule has 2 rings (SSSR count). The highest BCUT2D eigenvalue weighted by molar-refractivity contribution is 9.10. The van der Waals surface area contributed by atoms with Gasteiger partial charge < -0.3 is 15.4 Å². The summed E-state index contributed by atoms with van der Waals surface area (Å²) in [6.45, 7) is 2.75. The molecule has 0 fully saturated rings. The first kappa shape index (κ1) is 15.4. The molecular weight excluding hydrogens is 341 g/mol. The minimum atomic E-state index is -0.402. The Morgan fingerprint density at radius 1 is 1.24 bits per heavy atom. The molecule has 21 heavy (non-hydrogen) atoms. The van der Waals surface area contributed by atoms with Crippen LogP contribution in [0.3, 0.4) is 0 Å².